The Morgan fingerprint density at radius 2 is 1.75 bits per heavy atom. The zero-order chi connectivity index (χ0) is 19.2. The normalized spacial score (nSPS) is 14.9. The molecule has 0 radical (unpaired) electrons. The van der Waals surface area contributed by atoms with Gasteiger partial charge in [0, 0.05) is 43.0 Å². The molecule has 0 atom stereocenters. The Balaban J connectivity index is 1.23. The minimum absolute atomic E-state index is 0.0817. The van der Waals surface area contributed by atoms with Gasteiger partial charge in [-0.1, -0.05) is 30.3 Å². The lowest BCUT2D eigenvalue weighted by Gasteiger charge is -2.32. The minimum Gasteiger partial charge on any atom is -0.473 e. The van der Waals surface area contributed by atoms with Gasteiger partial charge in [-0.15, -0.1) is 11.8 Å². The van der Waals surface area contributed by atoms with Crippen molar-refractivity contribution < 1.29 is 9.53 Å². The second kappa shape index (κ2) is 9.06. The first kappa shape index (κ1) is 18.7. The number of benzene rings is 2. The Morgan fingerprint density at radius 1 is 1.04 bits per heavy atom. The molecule has 144 valence electrons. The van der Waals surface area contributed by atoms with E-state index in [1.54, 1.807) is 18.0 Å². The number of thioether (sulfide) groups is 1. The largest absolute Gasteiger partial charge is 0.473 e. The summed E-state index contributed by atoms with van der Waals surface area (Å²) in [5.41, 5.74) is 1.70. The average Bonchev–Trinajstić information content (AvgIpc) is 2.75. The Morgan fingerprint density at radius 3 is 2.54 bits per heavy atom. The van der Waals surface area contributed by atoms with Crippen molar-refractivity contribution in [2.24, 2.45) is 0 Å². The Hall–Kier alpha value is -2.60. The van der Waals surface area contributed by atoms with Crippen LogP contribution in [0, 0.1) is 0 Å². The van der Waals surface area contributed by atoms with Crippen molar-refractivity contribution in [1.29, 1.82) is 0 Å². The summed E-state index contributed by atoms with van der Waals surface area (Å²) in [5.74, 6) is 1.60. The average molecular weight is 394 g/mol. The van der Waals surface area contributed by atoms with Gasteiger partial charge in [0.05, 0.1) is 17.2 Å². The van der Waals surface area contributed by atoms with Gasteiger partial charge in [0.15, 0.2) is 0 Å². The highest BCUT2D eigenvalue weighted by Crippen LogP contribution is 2.21. The van der Waals surface area contributed by atoms with Crippen LogP contribution in [0.5, 0.6) is 5.88 Å². The van der Waals surface area contributed by atoms with Crippen LogP contribution in [-0.2, 0) is 4.79 Å². The Labute approximate surface area is 169 Å². The number of para-hydroxylation sites is 2. The van der Waals surface area contributed by atoms with Gasteiger partial charge in [0.25, 0.3) is 0 Å². The highest BCUT2D eigenvalue weighted by Gasteiger charge is 2.24. The number of rotatable bonds is 6. The van der Waals surface area contributed by atoms with Crippen LogP contribution in [0.25, 0.3) is 11.0 Å². The maximum atomic E-state index is 12.4. The molecule has 1 fully saturated rings. The first-order valence-corrected chi connectivity index (χ1v) is 10.6. The molecule has 1 aliphatic rings. The first-order valence-electron chi connectivity index (χ1n) is 9.62. The fourth-order valence-corrected chi connectivity index (χ4v) is 4.18. The van der Waals surface area contributed by atoms with Crippen LogP contribution in [0.3, 0.4) is 0 Å². The summed E-state index contributed by atoms with van der Waals surface area (Å²) >= 11 is 1.73. The van der Waals surface area contributed by atoms with Gasteiger partial charge < -0.3 is 9.64 Å². The van der Waals surface area contributed by atoms with Crippen molar-refractivity contribution >= 4 is 28.7 Å². The second-order valence-corrected chi connectivity index (χ2v) is 7.97. The molecule has 0 unspecified atom stereocenters. The maximum absolute atomic E-state index is 12.4. The number of carbonyl (C=O) groups is 1. The molecule has 28 heavy (non-hydrogen) atoms. The molecule has 5 nitrogen and oxygen atoms in total. The van der Waals surface area contributed by atoms with Crippen molar-refractivity contribution in [2.45, 2.75) is 30.3 Å². The maximum Gasteiger partial charge on any atom is 0.233 e. The van der Waals surface area contributed by atoms with E-state index < -0.39 is 0 Å². The number of fused-ring (bicyclic) bond motifs is 1. The first-order chi connectivity index (χ1) is 13.8. The summed E-state index contributed by atoms with van der Waals surface area (Å²) in [6.45, 7) is 1.47. The van der Waals surface area contributed by atoms with Gasteiger partial charge in [0.2, 0.25) is 11.8 Å². The highest BCUT2D eigenvalue weighted by atomic mass is 32.2. The van der Waals surface area contributed by atoms with Crippen molar-refractivity contribution in [2.75, 3.05) is 18.8 Å². The number of carbonyl (C=O) groups excluding carboxylic acids is 1. The minimum atomic E-state index is 0.0817. The van der Waals surface area contributed by atoms with E-state index in [2.05, 4.69) is 22.1 Å². The third-order valence-electron chi connectivity index (χ3n) is 4.84. The van der Waals surface area contributed by atoms with E-state index in [9.17, 15) is 4.79 Å². The molecule has 1 saturated heterocycles. The van der Waals surface area contributed by atoms with Crippen molar-refractivity contribution in [3.8, 4) is 5.88 Å². The van der Waals surface area contributed by atoms with E-state index >= 15 is 0 Å². The number of hydrogen-bond acceptors (Lipinski definition) is 5. The molecule has 6 heteroatoms. The molecular weight excluding hydrogens is 370 g/mol. The summed E-state index contributed by atoms with van der Waals surface area (Å²) in [5, 5.41) is 0. The quantitative estimate of drug-likeness (QED) is 0.588. The SMILES string of the molecule is O=C(CCSc1ccccc1)N1CCC(Oc2cnc3ccccc3n2)CC1. The number of aromatic nitrogens is 2. The van der Waals surface area contributed by atoms with Crippen LogP contribution in [0.1, 0.15) is 19.3 Å². The van der Waals surface area contributed by atoms with Gasteiger partial charge in [-0.25, -0.2) is 9.97 Å². The molecule has 0 N–H and O–H groups in total. The molecule has 2 aromatic carbocycles. The van der Waals surface area contributed by atoms with Crippen molar-refractivity contribution in [3.05, 3.63) is 60.8 Å². The van der Waals surface area contributed by atoms with Crippen LogP contribution in [0.4, 0.5) is 0 Å². The predicted molar refractivity (Wildman–Crippen MR) is 112 cm³/mol. The molecule has 0 saturated carbocycles. The smallest absolute Gasteiger partial charge is 0.233 e. The molecule has 0 bridgehead atoms. The lowest BCUT2D eigenvalue weighted by Crippen LogP contribution is -2.42. The van der Waals surface area contributed by atoms with Gasteiger partial charge >= 0.3 is 0 Å². The van der Waals surface area contributed by atoms with E-state index in [1.165, 1.54) is 4.90 Å². The lowest BCUT2D eigenvalue weighted by atomic mass is 10.1. The van der Waals surface area contributed by atoms with Crippen molar-refractivity contribution in [1.82, 2.24) is 14.9 Å². The lowest BCUT2D eigenvalue weighted by molar-refractivity contribution is -0.132. The molecule has 1 aliphatic heterocycles. The number of ether oxygens (including phenoxy) is 1. The number of hydrogen-bond donors (Lipinski definition) is 0. The Kier molecular flexibility index (Phi) is 6.07. The summed E-state index contributed by atoms with van der Waals surface area (Å²) in [6, 6.07) is 18.0. The predicted octanol–water partition coefficient (Wildman–Crippen LogP) is 4.18. The molecule has 2 heterocycles. The third kappa shape index (κ3) is 4.81. The molecule has 3 aromatic rings. The molecule has 1 aromatic heterocycles. The van der Waals surface area contributed by atoms with Crippen LogP contribution in [0.2, 0.25) is 0 Å². The zero-order valence-electron chi connectivity index (χ0n) is 15.7. The summed E-state index contributed by atoms with van der Waals surface area (Å²) in [7, 11) is 0. The van der Waals surface area contributed by atoms with Crippen molar-refractivity contribution in [3.63, 3.8) is 0 Å². The van der Waals surface area contributed by atoms with E-state index in [4.69, 9.17) is 4.74 Å². The zero-order valence-corrected chi connectivity index (χ0v) is 16.5. The molecule has 0 spiro atoms. The van der Waals surface area contributed by atoms with Gasteiger partial charge in [-0.05, 0) is 24.3 Å². The van der Waals surface area contributed by atoms with Crippen LogP contribution >= 0.6 is 11.8 Å². The van der Waals surface area contributed by atoms with Gasteiger partial charge in [-0.3, -0.25) is 4.79 Å². The highest BCUT2D eigenvalue weighted by molar-refractivity contribution is 7.99. The second-order valence-electron chi connectivity index (χ2n) is 6.81. The molecule has 1 amide bonds. The number of piperidine rings is 1. The van der Waals surface area contributed by atoms with Gasteiger partial charge in [0.1, 0.15) is 6.10 Å². The molecule has 0 aliphatic carbocycles. The van der Waals surface area contributed by atoms with Crippen LogP contribution < -0.4 is 4.74 Å². The summed E-state index contributed by atoms with van der Waals surface area (Å²) < 4.78 is 6.01. The van der Waals surface area contributed by atoms with E-state index in [1.807, 2.05) is 47.4 Å². The topological polar surface area (TPSA) is 55.3 Å². The Bertz CT molecular complexity index is 927. The number of likely N-dealkylation sites (tertiary alicyclic amines) is 1. The van der Waals surface area contributed by atoms with E-state index in [-0.39, 0.29) is 12.0 Å². The van der Waals surface area contributed by atoms with Crippen LogP contribution in [0.15, 0.2) is 65.7 Å². The number of nitrogens with zero attached hydrogens (tertiary/aromatic N) is 3. The third-order valence-corrected chi connectivity index (χ3v) is 5.85. The van der Waals surface area contributed by atoms with E-state index in [0.717, 1.165) is 42.7 Å². The fraction of sp³-hybridized carbons (Fsp3) is 0.318. The van der Waals surface area contributed by atoms with Gasteiger partial charge in [-0.2, -0.15) is 0 Å². The fourth-order valence-electron chi connectivity index (χ4n) is 3.32. The summed E-state index contributed by atoms with van der Waals surface area (Å²) in [4.78, 5) is 24.5. The molecule has 4 rings (SSSR count). The molecular formula is C22H23N3O2S. The monoisotopic (exact) mass is 393 g/mol. The van der Waals surface area contributed by atoms with E-state index in [0.29, 0.717) is 12.3 Å². The number of amides is 1. The standard InChI is InChI=1S/C22H23N3O2S/c26-22(12-15-28-18-6-2-1-3-7-18)25-13-10-17(11-14-25)27-21-16-23-19-8-4-5-9-20(19)24-21/h1-9,16-17H,10-15H2. The summed E-state index contributed by atoms with van der Waals surface area (Å²) in [6.07, 6.45) is 3.98. The van der Waals surface area contributed by atoms with Crippen LogP contribution in [-0.4, -0.2) is 45.7 Å².